The fourth-order valence-electron chi connectivity index (χ4n) is 5.10. The van der Waals surface area contributed by atoms with Crippen molar-refractivity contribution in [1.29, 1.82) is 0 Å². The molecule has 3 fully saturated rings. The summed E-state index contributed by atoms with van der Waals surface area (Å²) in [6, 6.07) is 4.53. The van der Waals surface area contributed by atoms with Crippen LogP contribution < -0.4 is 4.90 Å². The van der Waals surface area contributed by atoms with Crippen LogP contribution in [0.5, 0.6) is 0 Å². The summed E-state index contributed by atoms with van der Waals surface area (Å²) in [5.41, 5.74) is 1.30. The highest BCUT2D eigenvalue weighted by atomic mass is 16.5. The molecule has 1 atom stereocenters. The third-order valence-electron chi connectivity index (χ3n) is 7.18. The van der Waals surface area contributed by atoms with E-state index in [9.17, 15) is 4.79 Å². The van der Waals surface area contributed by atoms with Crippen LogP contribution in [0.4, 0.5) is 5.82 Å². The fourth-order valence-corrected chi connectivity index (χ4v) is 5.10. The van der Waals surface area contributed by atoms with E-state index < -0.39 is 0 Å². The molecule has 1 aromatic heterocycles. The molecule has 3 aliphatic heterocycles. The Kier molecular flexibility index (Phi) is 6.60. The predicted octanol–water partition coefficient (Wildman–Crippen LogP) is 2.01. The Morgan fingerprint density at radius 2 is 1.93 bits per heavy atom. The lowest BCUT2D eigenvalue weighted by molar-refractivity contribution is -0.140. The number of rotatable bonds is 5. The van der Waals surface area contributed by atoms with Crippen molar-refractivity contribution < 1.29 is 14.3 Å². The number of hydrogen-bond acceptors (Lipinski definition) is 6. The van der Waals surface area contributed by atoms with Gasteiger partial charge in [-0.2, -0.15) is 0 Å². The number of ether oxygens (including phenoxy) is 2. The molecule has 0 aliphatic carbocycles. The Morgan fingerprint density at radius 1 is 1.23 bits per heavy atom. The summed E-state index contributed by atoms with van der Waals surface area (Å²) in [6.07, 6.45) is 3.86. The van der Waals surface area contributed by atoms with Gasteiger partial charge in [0.2, 0.25) is 5.91 Å². The first kappa shape index (κ1) is 21.5. The zero-order valence-electron chi connectivity index (χ0n) is 18.7. The zero-order valence-corrected chi connectivity index (χ0v) is 18.7. The molecule has 3 aliphatic rings. The third kappa shape index (κ3) is 4.48. The maximum absolute atomic E-state index is 13.3. The summed E-state index contributed by atoms with van der Waals surface area (Å²) in [6.45, 7) is 11.7. The van der Waals surface area contributed by atoms with Crippen molar-refractivity contribution in [3.8, 4) is 0 Å². The second-order valence-corrected chi connectivity index (χ2v) is 9.36. The Hall–Kier alpha value is -1.70. The van der Waals surface area contributed by atoms with Gasteiger partial charge in [0.25, 0.3) is 0 Å². The van der Waals surface area contributed by atoms with E-state index in [4.69, 9.17) is 9.47 Å². The molecule has 0 saturated carbocycles. The summed E-state index contributed by atoms with van der Waals surface area (Å²) >= 11 is 0. The molecule has 7 nitrogen and oxygen atoms in total. The van der Waals surface area contributed by atoms with E-state index in [0.717, 1.165) is 77.8 Å². The molecular weight excluding hydrogens is 380 g/mol. The van der Waals surface area contributed by atoms with Crippen LogP contribution >= 0.6 is 0 Å². The van der Waals surface area contributed by atoms with Gasteiger partial charge in [0.05, 0.1) is 19.1 Å². The molecule has 1 aromatic rings. The molecule has 0 aromatic carbocycles. The van der Waals surface area contributed by atoms with Crippen LogP contribution in [-0.2, 0) is 20.8 Å². The largest absolute Gasteiger partial charge is 0.381 e. The van der Waals surface area contributed by atoms with Crippen molar-refractivity contribution in [2.45, 2.75) is 39.3 Å². The number of pyridine rings is 1. The maximum atomic E-state index is 13.3. The van der Waals surface area contributed by atoms with Crippen molar-refractivity contribution in [3.63, 3.8) is 0 Å². The van der Waals surface area contributed by atoms with Crippen molar-refractivity contribution in [2.24, 2.45) is 11.3 Å². The van der Waals surface area contributed by atoms with Crippen molar-refractivity contribution in [1.82, 2.24) is 14.8 Å². The number of carbonyl (C=O) groups excluding carboxylic acids is 1. The van der Waals surface area contributed by atoms with Gasteiger partial charge < -0.3 is 19.3 Å². The number of aromatic nitrogens is 1. The highest BCUT2D eigenvalue weighted by Crippen LogP contribution is 2.45. The van der Waals surface area contributed by atoms with E-state index in [0.29, 0.717) is 0 Å². The van der Waals surface area contributed by atoms with Gasteiger partial charge >= 0.3 is 0 Å². The minimum Gasteiger partial charge on any atom is -0.381 e. The lowest BCUT2D eigenvalue weighted by Crippen LogP contribution is -2.46. The summed E-state index contributed by atoms with van der Waals surface area (Å²) in [5, 5.41) is 0. The first-order valence-electron chi connectivity index (χ1n) is 11.3. The first-order valence-corrected chi connectivity index (χ1v) is 11.3. The van der Waals surface area contributed by atoms with E-state index >= 15 is 0 Å². The molecule has 7 heteroatoms. The standard InChI is InChI=1S/C23H36N4O3/c1-18(2)25(3)22(28)20-16-26(17-23(20)5-10-29-11-6-23)15-19-4-7-24-21(14-19)27-8-12-30-13-9-27/h4,7,14,18,20H,5-6,8-13,15-17H2,1-3H3. The summed E-state index contributed by atoms with van der Waals surface area (Å²) in [7, 11) is 1.94. The summed E-state index contributed by atoms with van der Waals surface area (Å²) in [5.74, 6) is 1.37. The second kappa shape index (κ2) is 9.20. The Morgan fingerprint density at radius 3 is 2.63 bits per heavy atom. The molecule has 0 radical (unpaired) electrons. The quantitative estimate of drug-likeness (QED) is 0.732. The Labute approximate surface area is 180 Å². The van der Waals surface area contributed by atoms with E-state index in [1.54, 1.807) is 0 Å². The molecule has 4 heterocycles. The zero-order chi connectivity index (χ0) is 21.1. The van der Waals surface area contributed by atoms with Crippen LogP contribution in [0.15, 0.2) is 18.3 Å². The lowest BCUT2D eigenvalue weighted by Gasteiger charge is -2.39. The van der Waals surface area contributed by atoms with Gasteiger partial charge in [0.1, 0.15) is 5.82 Å². The van der Waals surface area contributed by atoms with Gasteiger partial charge in [-0.1, -0.05) is 0 Å². The van der Waals surface area contributed by atoms with Crippen molar-refractivity contribution in [2.75, 3.05) is 64.6 Å². The van der Waals surface area contributed by atoms with E-state index in [1.807, 2.05) is 18.1 Å². The molecule has 0 N–H and O–H groups in total. The lowest BCUT2D eigenvalue weighted by atomic mass is 9.71. The number of anilines is 1. The molecule has 1 unspecified atom stereocenters. The van der Waals surface area contributed by atoms with Crippen molar-refractivity contribution in [3.05, 3.63) is 23.9 Å². The monoisotopic (exact) mass is 416 g/mol. The van der Waals surface area contributed by atoms with E-state index in [-0.39, 0.29) is 23.3 Å². The normalized spacial score (nSPS) is 24.5. The molecule has 1 amide bonds. The van der Waals surface area contributed by atoms with E-state index in [2.05, 4.69) is 40.8 Å². The molecule has 3 saturated heterocycles. The minimum atomic E-state index is 0.0402. The summed E-state index contributed by atoms with van der Waals surface area (Å²) in [4.78, 5) is 24.6. The Balaban J connectivity index is 1.49. The molecule has 166 valence electrons. The van der Waals surface area contributed by atoms with Crippen LogP contribution in [0, 0.1) is 11.3 Å². The van der Waals surface area contributed by atoms with Gasteiger partial charge in [0, 0.05) is 70.6 Å². The minimum absolute atomic E-state index is 0.0402. The number of morpholine rings is 1. The number of hydrogen-bond donors (Lipinski definition) is 0. The van der Waals surface area contributed by atoms with Crippen molar-refractivity contribution >= 4 is 11.7 Å². The highest BCUT2D eigenvalue weighted by molar-refractivity contribution is 5.80. The third-order valence-corrected chi connectivity index (χ3v) is 7.18. The number of carbonyl (C=O) groups is 1. The van der Waals surface area contributed by atoms with Gasteiger partial charge in [-0.05, 0) is 44.4 Å². The van der Waals surface area contributed by atoms with Crippen LogP contribution in [0.3, 0.4) is 0 Å². The average Bonchev–Trinajstić information content (AvgIpc) is 3.10. The molecule has 1 spiro atoms. The maximum Gasteiger partial charge on any atom is 0.227 e. The van der Waals surface area contributed by atoms with Crippen LogP contribution in [0.2, 0.25) is 0 Å². The fraction of sp³-hybridized carbons (Fsp3) is 0.739. The average molecular weight is 417 g/mol. The predicted molar refractivity (Wildman–Crippen MR) is 116 cm³/mol. The van der Waals surface area contributed by atoms with Crippen LogP contribution in [-0.4, -0.2) is 86.4 Å². The van der Waals surface area contributed by atoms with Gasteiger partial charge in [0.15, 0.2) is 0 Å². The molecular formula is C23H36N4O3. The van der Waals surface area contributed by atoms with Gasteiger partial charge in [-0.25, -0.2) is 4.98 Å². The Bertz CT molecular complexity index is 729. The smallest absolute Gasteiger partial charge is 0.227 e. The van der Waals surface area contributed by atoms with Gasteiger partial charge in [-0.3, -0.25) is 9.69 Å². The SMILES string of the molecule is CC(C)N(C)C(=O)C1CN(Cc2ccnc(N3CCOCC3)c2)CC12CCOCC2. The topological polar surface area (TPSA) is 58.1 Å². The molecule has 30 heavy (non-hydrogen) atoms. The first-order chi connectivity index (χ1) is 14.5. The second-order valence-electron chi connectivity index (χ2n) is 9.36. The number of nitrogens with zero attached hydrogens (tertiary/aromatic N) is 4. The summed E-state index contributed by atoms with van der Waals surface area (Å²) < 4.78 is 11.1. The van der Waals surface area contributed by atoms with Crippen LogP contribution in [0.1, 0.15) is 32.3 Å². The van der Waals surface area contributed by atoms with E-state index in [1.165, 1.54) is 5.56 Å². The van der Waals surface area contributed by atoms with Gasteiger partial charge in [-0.15, -0.1) is 0 Å². The van der Waals surface area contributed by atoms with Crippen LogP contribution in [0.25, 0.3) is 0 Å². The molecule has 0 bridgehead atoms. The molecule has 4 rings (SSSR count). The number of amides is 1. The number of likely N-dealkylation sites (tertiary alicyclic amines) is 1. The highest BCUT2D eigenvalue weighted by Gasteiger charge is 2.51.